The van der Waals surface area contributed by atoms with Gasteiger partial charge in [0.2, 0.25) is 5.91 Å². The van der Waals surface area contributed by atoms with E-state index in [1.807, 2.05) is 0 Å². The number of hydrogen-bond acceptors (Lipinski definition) is 15. The number of amides is 1. The van der Waals surface area contributed by atoms with E-state index in [-0.39, 0.29) is 0 Å². The number of rotatable bonds is 7. The van der Waals surface area contributed by atoms with Gasteiger partial charge in [-0.1, -0.05) is 0 Å². The van der Waals surface area contributed by atoms with Gasteiger partial charge in [-0.05, 0) is 0 Å². The van der Waals surface area contributed by atoms with Gasteiger partial charge in [-0.3, -0.25) is 4.79 Å². The van der Waals surface area contributed by atoms with Crippen molar-refractivity contribution in [2.24, 2.45) is 0 Å². The molecule has 35 heavy (non-hydrogen) atoms. The van der Waals surface area contributed by atoms with Crippen LogP contribution < -0.4 is 5.32 Å². The van der Waals surface area contributed by atoms with Crippen LogP contribution in [0, 0.1) is 0 Å². The van der Waals surface area contributed by atoms with E-state index in [0.717, 1.165) is 6.92 Å². The van der Waals surface area contributed by atoms with E-state index < -0.39 is 112 Å². The standard InChI is InChI=1S/C19H33NO15/c1-5(23)20-9-16(35-19-14(29)12(27)11(26)7(2-21)33-19)15(8(3-22)32-17(9)30)34-18-13(28)10(25)6(24)4-31-18/h6-19,21-22,24-30H,2-4H2,1H3,(H,20,23)/t6-,7-,8-,9-,10-,11+,12+,13+,14-,15-,16-,17-,18-,19+/m1/s1. The summed E-state index contributed by atoms with van der Waals surface area (Å²) in [6, 6.07) is -1.41. The van der Waals surface area contributed by atoms with Gasteiger partial charge >= 0.3 is 0 Å². The molecule has 0 unspecified atom stereocenters. The number of carbonyl (C=O) groups excluding carboxylic acids is 1. The van der Waals surface area contributed by atoms with Gasteiger partial charge in [0.25, 0.3) is 0 Å². The minimum Gasteiger partial charge on any atom is -0.394 e. The van der Waals surface area contributed by atoms with Crippen LogP contribution in [0.25, 0.3) is 0 Å². The second-order valence-electron chi connectivity index (χ2n) is 8.62. The van der Waals surface area contributed by atoms with Crippen molar-refractivity contribution in [2.75, 3.05) is 19.8 Å². The summed E-state index contributed by atoms with van der Waals surface area (Å²) in [5, 5.41) is 92.5. The van der Waals surface area contributed by atoms with Gasteiger partial charge in [0.1, 0.15) is 67.1 Å². The Hall–Kier alpha value is -1.09. The topological polar surface area (TPSA) is 257 Å². The molecule has 16 heteroatoms. The molecule has 3 aliphatic heterocycles. The summed E-state index contributed by atoms with van der Waals surface area (Å²) in [6.45, 7) is -0.817. The summed E-state index contributed by atoms with van der Waals surface area (Å²) in [4.78, 5) is 11.8. The summed E-state index contributed by atoms with van der Waals surface area (Å²) < 4.78 is 27.3. The van der Waals surface area contributed by atoms with Gasteiger partial charge in [0.05, 0.1) is 19.8 Å². The molecular weight excluding hydrogens is 482 g/mol. The zero-order valence-corrected chi connectivity index (χ0v) is 18.7. The molecule has 0 aromatic heterocycles. The number of aliphatic hydroxyl groups is 9. The molecule has 3 saturated heterocycles. The number of hydrogen-bond donors (Lipinski definition) is 10. The lowest BCUT2D eigenvalue weighted by atomic mass is 9.94. The molecule has 3 fully saturated rings. The summed E-state index contributed by atoms with van der Waals surface area (Å²) in [5.41, 5.74) is 0. The van der Waals surface area contributed by atoms with E-state index in [1.54, 1.807) is 0 Å². The van der Waals surface area contributed by atoms with Crippen LogP contribution in [0.5, 0.6) is 0 Å². The molecule has 3 aliphatic rings. The van der Waals surface area contributed by atoms with E-state index in [2.05, 4.69) is 5.32 Å². The van der Waals surface area contributed by atoms with Crippen molar-refractivity contribution in [3.05, 3.63) is 0 Å². The van der Waals surface area contributed by atoms with Gasteiger partial charge in [-0.25, -0.2) is 0 Å². The van der Waals surface area contributed by atoms with Crippen molar-refractivity contribution in [3.63, 3.8) is 0 Å². The van der Waals surface area contributed by atoms with Crippen molar-refractivity contribution in [1.82, 2.24) is 5.32 Å². The minimum absolute atomic E-state index is 0.420. The number of ether oxygens (including phenoxy) is 5. The molecule has 0 aromatic carbocycles. The largest absolute Gasteiger partial charge is 0.394 e. The Kier molecular flexibility index (Phi) is 9.74. The third-order valence-corrected chi connectivity index (χ3v) is 6.10. The van der Waals surface area contributed by atoms with Gasteiger partial charge in [-0.15, -0.1) is 0 Å². The molecule has 204 valence electrons. The lowest BCUT2D eigenvalue weighted by Crippen LogP contribution is -2.69. The third-order valence-electron chi connectivity index (χ3n) is 6.10. The van der Waals surface area contributed by atoms with Crippen LogP contribution in [-0.4, -0.2) is 158 Å². The molecule has 0 bridgehead atoms. The van der Waals surface area contributed by atoms with E-state index in [0.29, 0.717) is 0 Å². The molecular formula is C19H33NO15. The Morgan fingerprint density at radius 1 is 0.800 bits per heavy atom. The van der Waals surface area contributed by atoms with E-state index >= 15 is 0 Å². The van der Waals surface area contributed by atoms with Crippen molar-refractivity contribution in [3.8, 4) is 0 Å². The normalized spacial score (nSPS) is 49.0. The molecule has 10 N–H and O–H groups in total. The second kappa shape index (κ2) is 12.0. The molecule has 3 heterocycles. The van der Waals surface area contributed by atoms with Crippen molar-refractivity contribution >= 4 is 5.91 Å². The first-order chi connectivity index (χ1) is 16.5. The molecule has 16 nitrogen and oxygen atoms in total. The molecule has 0 saturated carbocycles. The molecule has 0 aromatic rings. The highest BCUT2D eigenvalue weighted by atomic mass is 16.7. The Morgan fingerprint density at radius 3 is 2.00 bits per heavy atom. The third kappa shape index (κ3) is 6.08. The van der Waals surface area contributed by atoms with Gasteiger partial charge in [0.15, 0.2) is 18.9 Å². The van der Waals surface area contributed by atoms with Gasteiger partial charge < -0.3 is 75.0 Å². The highest BCUT2D eigenvalue weighted by Gasteiger charge is 2.53. The van der Waals surface area contributed by atoms with Gasteiger partial charge in [-0.2, -0.15) is 0 Å². The van der Waals surface area contributed by atoms with Crippen LogP contribution in [0.3, 0.4) is 0 Å². The van der Waals surface area contributed by atoms with Crippen LogP contribution >= 0.6 is 0 Å². The van der Waals surface area contributed by atoms with Gasteiger partial charge in [0, 0.05) is 6.92 Å². The van der Waals surface area contributed by atoms with E-state index in [4.69, 9.17) is 23.7 Å². The monoisotopic (exact) mass is 515 g/mol. The smallest absolute Gasteiger partial charge is 0.217 e. The fourth-order valence-corrected chi connectivity index (χ4v) is 4.17. The predicted molar refractivity (Wildman–Crippen MR) is 107 cm³/mol. The first-order valence-electron chi connectivity index (χ1n) is 11.0. The summed E-state index contributed by atoms with van der Waals surface area (Å²) in [6.07, 6.45) is -20.9. The van der Waals surface area contributed by atoms with Crippen molar-refractivity contribution in [1.29, 1.82) is 0 Å². The number of nitrogens with one attached hydrogen (secondary N) is 1. The average Bonchev–Trinajstić information content (AvgIpc) is 2.82. The van der Waals surface area contributed by atoms with E-state index in [1.165, 1.54) is 0 Å². The lowest BCUT2D eigenvalue weighted by molar-refractivity contribution is -0.365. The number of carbonyl (C=O) groups is 1. The molecule has 14 atom stereocenters. The molecule has 1 amide bonds. The highest BCUT2D eigenvalue weighted by molar-refractivity contribution is 5.73. The van der Waals surface area contributed by atoms with Crippen molar-refractivity contribution < 1.29 is 74.4 Å². The quantitative estimate of drug-likeness (QED) is 0.151. The highest BCUT2D eigenvalue weighted by Crippen LogP contribution is 2.32. The Labute approximate surface area is 199 Å². The molecule has 0 radical (unpaired) electrons. The van der Waals surface area contributed by atoms with Crippen LogP contribution in [0.1, 0.15) is 6.92 Å². The van der Waals surface area contributed by atoms with Crippen LogP contribution in [0.4, 0.5) is 0 Å². The predicted octanol–water partition coefficient (Wildman–Crippen LogP) is -6.79. The van der Waals surface area contributed by atoms with Crippen LogP contribution in [-0.2, 0) is 28.5 Å². The zero-order chi connectivity index (χ0) is 26.0. The number of aliphatic hydroxyl groups excluding tert-OH is 9. The second-order valence-corrected chi connectivity index (χ2v) is 8.62. The first-order valence-corrected chi connectivity index (χ1v) is 11.0. The average molecular weight is 515 g/mol. The SMILES string of the molecule is CC(=O)N[C@@H]1[C@@H](O[C@@H]2O[C@H](CO)[C@H](O)[C@H](O)[C@H]2O)[C@H](O[C@H]2OC[C@@H](O)[C@@H](O)[C@@H]2O)[C@@H](CO)O[C@H]1O. The molecule has 3 rings (SSSR count). The molecule has 0 spiro atoms. The maximum Gasteiger partial charge on any atom is 0.217 e. The lowest BCUT2D eigenvalue weighted by Gasteiger charge is -2.49. The first kappa shape index (κ1) is 28.5. The Morgan fingerprint density at radius 2 is 1.40 bits per heavy atom. The van der Waals surface area contributed by atoms with Crippen LogP contribution in [0.2, 0.25) is 0 Å². The van der Waals surface area contributed by atoms with Crippen molar-refractivity contribution in [2.45, 2.75) is 92.9 Å². The minimum atomic E-state index is -1.85. The van der Waals surface area contributed by atoms with Crippen LogP contribution in [0.15, 0.2) is 0 Å². The summed E-state index contributed by atoms with van der Waals surface area (Å²) in [7, 11) is 0. The Balaban J connectivity index is 1.90. The maximum atomic E-state index is 11.8. The maximum absolute atomic E-state index is 11.8. The fourth-order valence-electron chi connectivity index (χ4n) is 4.17. The summed E-state index contributed by atoms with van der Waals surface area (Å²) >= 11 is 0. The molecule has 0 aliphatic carbocycles. The zero-order valence-electron chi connectivity index (χ0n) is 18.7. The Bertz CT molecular complexity index is 699. The van der Waals surface area contributed by atoms with E-state index in [9.17, 15) is 50.8 Å². The fraction of sp³-hybridized carbons (Fsp3) is 0.947. The summed E-state index contributed by atoms with van der Waals surface area (Å²) in [5.74, 6) is -0.645.